The van der Waals surface area contributed by atoms with Gasteiger partial charge in [0, 0.05) is 48.5 Å². The van der Waals surface area contributed by atoms with Crippen LogP contribution < -0.4 is 21.0 Å². The molecule has 0 amide bonds. The highest BCUT2D eigenvalue weighted by Crippen LogP contribution is 2.36. The second kappa shape index (κ2) is 10.9. The summed E-state index contributed by atoms with van der Waals surface area (Å²) in [6.07, 6.45) is 4.61. The van der Waals surface area contributed by atoms with E-state index in [0.29, 0.717) is 23.2 Å². The predicted octanol–water partition coefficient (Wildman–Crippen LogP) is 4.17. The number of hydrogen-bond donors (Lipinski definition) is 2. The molecular formula is C25H32ClFN6S. The Labute approximate surface area is 211 Å². The Morgan fingerprint density at radius 3 is 2.41 bits per heavy atom. The van der Waals surface area contributed by atoms with Crippen LogP contribution in [-0.4, -0.2) is 62.5 Å². The first-order valence-corrected chi connectivity index (χ1v) is 12.4. The number of hydrogen-bond acceptors (Lipinski definition) is 5. The Kier molecular flexibility index (Phi) is 7.91. The molecule has 2 fully saturated rings. The first-order valence-electron chi connectivity index (χ1n) is 11.7. The summed E-state index contributed by atoms with van der Waals surface area (Å²) >= 11 is 10.9. The van der Waals surface area contributed by atoms with Crippen molar-refractivity contribution in [2.45, 2.75) is 31.2 Å². The van der Waals surface area contributed by atoms with E-state index in [4.69, 9.17) is 29.6 Å². The van der Waals surface area contributed by atoms with E-state index in [1.165, 1.54) is 5.56 Å². The lowest BCUT2D eigenvalue weighted by molar-refractivity contribution is 0.315. The highest BCUT2D eigenvalue weighted by molar-refractivity contribution is 7.80. The first-order chi connectivity index (χ1) is 16.3. The molecule has 0 aliphatic carbocycles. The van der Waals surface area contributed by atoms with Crippen LogP contribution in [0.1, 0.15) is 36.3 Å². The van der Waals surface area contributed by atoms with Crippen LogP contribution in [0.4, 0.5) is 15.8 Å². The van der Waals surface area contributed by atoms with E-state index in [-0.39, 0.29) is 10.9 Å². The van der Waals surface area contributed by atoms with Crippen molar-refractivity contribution in [1.29, 1.82) is 0 Å². The maximum atomic E-state index is 15.3. The molecule has 2 aliphatic heterocycles. The fraction of sp³-hybridized carbons (Fsp3) is 0.440. The quantitative estimate of drug-likeness (QED) is 0.351. The maximum Gasteiger partial charge on any atom is 0.184 e. The largest absolute Gasteiger partial charge is 0.375 e. The molecule has 6 nitrogen and oxygen atoms in total. The number of piperidine rings is 1. The highest BCUT2D eigenvalue weighted by atomic mass is 35.5. The van der Waals surface area contributed by atoms with Gasteiger partial charge in [0.25, 0.3) is 0 Å². The lowest BCUT2D eigenvalue weighted by atomic mass is 9.89. The molecule has 0 bridgehead atoms. The number of hydrazone groups is 1. The molecule has 1 atom stereocenters. The molecule has 0 unspecified atom stereocenters. The number of thiocarbonyl (C=S) groups is 1. The normalized spacial score (nSPS) is 19.4. The van der Waals surface area contributed by atoms with Crippen LogP contribution in [0.3, 0.4) is 0 Å². The van der Waals surface area contributed by atoms with E-state index >= 15 is 4.39 Å². The third kappa shape index (κ3) is 5.79. The molecule has 2 heterocycles. The molecular weight excluding hydrogens is 471 g/mol. The van der Waals surface area contributed by atoms with Crippen molar-refractivity contribution in [3.63, 3.8) is 0 Å². The molecule has 0 saturated carbocycles. The summed E-state index contributed by atoms with van der Waals surface area (Å²) in [5, 5.41) is 4.92. The fourth-order valence-electron chi connectivity index (χ4n) is 4.92. The number of halogens is 2. The minimum Gasteiger partial charge on any atom is -0.375 e. The Morgan fingerprint density at radius 1 is 1.12 bits per heavy atom. The molecule has 34 heavy (non-hydrogen) atoms. The summed E-state index contributed by atoms with van der Waals surface area (Å²) in [6, 6.07) is 12.1. The Hall–Kier alpha value is -2.42. The molecule has 3 N–H and O–H groups in total. The molecule has 0 radical (unpaired) electrons. The van der Waals surface area contributed by atoms with E-state index in [1.807, 2.05) is 18.2 Å². The van der Waals surface area contributed by atoms with Gasteiger partial charge in [-0.05, 0) is 81.3 Å². The van der Waals surface area contributed by atoms with Gasteiger partial charge in [0.1, 0.15) is 5.82 Å². The van der Waals surface area contributed by atoms with Crippen molar-refractivity contribution >= 4 is 46.5 Å². The van der Waals surface area contributed by atoms with Crippen LogP contribution in [-0.2, 0) is 0 Å². The topological polar surface area (TPSA) is 60.1 Å². The summed E-state index contributed by atoms with van der Waals surface area (Å²) in [7, 11) is 4.20. The second-order valence-electron chi connectivity index (χ2n) is 9.26. The number of benzene rings is 2. The molecule has 2 aromatic carbocycles. The van der Waals surface area contributed by atoms with E-state index < -0.39 is 0 Å². The highest BCUT2D eigenvalue weighted by Gasteiger charge is 2.28. The lowest BCUT2D eigenvalue weighted by Gasteiger charge is -2.35. The second-order valence-corrected chi connectivity index (χ2v) is 10.1. The number of likely N-dealkylation sites (N-methyl/N-ethyl adjacent to an activating group) is 1. The number of nitrogens with one attached hydrogen (secondary N) is 1. The zero-order chi connectivity index (χ0) is 24.2. The average Bonchev–Trinajstić information content (AvgIpc) is 3.30. The fourth-order valence-corrected chi connectivity index (χ4v) is 5.10. The molecule has 0 spiro atoms. The summed E-state index contributed by atoms with van der Waals surface area (Å²) in [5.41, 5.74) is 11.7. The van der Waals surface area contributed by atoms with E-state index in [0.717, 1.165) is 56.2 Å². The summed E-state index contributed by atoms with van der Waals surface area (Å²) in [4.78, 5) is 6.73. The average molecular weight is 503 g/mol. The third-order valence-corrected chi connectivity index (χ3v) is 7.23. The first kappa shape index (κ1) is 24.7. The van der Waals surface area contributed by atoms with Gasteiger partial charge in [0.05, 0.1) is 11.9 Å². The van der Waals surface area contributed by atoms with Crippen LogP contribution in [0.25, 0.3) is 0 Å². The van der Waals surface area contributed by atoms with Crippen molar-refractivity contribution in [3.8, 4) is 0 Å². The van der Waals surface area contributed by atoms with Gasteiger partial charge in [-0.15, -0.1) is 0 Å². The number of nitrogens with zero attached hydrogens (tertiary/aromatic N) is 4. The predicted molar refractivity (Wildman–Crippen MR) is 144 cm³/mol. The zero-order valence-corrected chi connectivity index (χ0v) is 21.2. The van der Waals surface area contributed by atoms with Gasteiger partial charge in [-0.2, -0.15) is 5.10 Å². The van der Waals surface area contributed by atoms with Crippen LogP contribution in [0.5, 0.6) is 0 Å². The van der Waals surface area contributed by atoms with Crippen LogP contribution in [0.15, 0.2) is 41.5 Å². The Bertz CT molecular complexity index is 1040. The van der Waals surface area contributed by atoms with Gasteiger partial charge in [-0.3, -0.25) is 5.43 Å². The zero-order valence-electron chi connectivity index (χ0n) is 19.7. The SMILES string of the molecule is CN(C)[C@@H]1CCN(c2cc(N3CCC(c4ccc(Cl)cc4)CC3)c(F)cc2/C=N/NC(N)=S)C1. The number of anilines is 2. The summed E-state index contributed by atoms with van der Waals surface area (Å²) in [6.45, 7) is 3.41. The van der Waals surface area contributed by atoms with Crippen molar-refractivity contribution in [2.75, 3.05) is 50.1 Å². The Balaban J connectivity index is 1.56. The van der Waals surface area contributed by atoms with Gasteiger partial charge in [-0.1, -0.05) is 23.7 Å². The van der Waals surface area contributed by atoms with Crippen molar-refractivity contribution < 1.29 is 4.39 Å². The van der Waals surface area contributed by atoms with Crippen LogP contribution >= 0.6 is 23.8 Å². The number of rotatable bonds is 6. The molecule has 2 aromatic rings. The monoisotopic (exact) mass is 502 g/mol. The molecule has 0 aromatic heterocycles. The standard InChI is InChI=1S/C25H32ClFN6S/c1-31(2)21-9-12-33(16-21)23-14-24(22(27)13-19(23)15-29-30-25(28)34)32-10-7-18(8-11-32)17-3-5-20(26)6-4-17/h3-6,13-15,18,21H,7-12,16H2,1-2H3,(H3,28,30,34)/b29-15+/t21-/m1/s1. The van der Waals surface area contributed by atoms with Gasteiger partial charge in [0.2, 0.25) is 0 Å². The minimum atomic E-state index is -0.242. The molecule has 9 heteroatoms. The summed E-state index contributed by atoms with van der Waals surface area (Å²) < 4.78 is 15.3. The molecule has 2 saturated heterocycles. The minimum absolute atomic E-state index is 0.0762. The maximum absolute atomic E-state index is 15.3. The smallest absolute Gasteiger partial charge is 0.184 e. The molecule has 2 aliphatic rings. The van der Waals surface area contributed by atoms with E-state index in [2.05, 4.69) is 51.5 Å². The van der Waals surface area contributed by atoms with Crippen molar-refractivity contribution in [1.82, 2.24) is 10.3 Å². The van der Waals surface area contributed by atoms with Gasteiger partial charge >= 0.3 is 0 Å². The van der Waals surface area contributed by atoms with Crippen molar-refractivity contribution in [3.05, 3.63) is 58.4 Å². The van der Waals surface area contributed by atoms with Gasteiger partial charge in [-0.25, -0.2) is 4.39 Å². The molecule has 4 rings (SSSR count). The third-order valence-electron chi connectivity index (χ3n) is 6.89. The lowest BCUT2D eigenvalue weighted by Crippen LogP contribution is -2.34. The van der Waals surface area contributed by atoms with Crippen LogP contribution in [0, 0.1) is 5.82 Å². The van der Waals surface area contributed by atoms with Crippen LogP contribution in [0.2, 0.25) is 5.02 Å². The Morgan fingerprint density at radius 2 is 1.79 bits per heavy atom. The van der Waals surface area contributed by atoms with E-state index in [1.54, 1.807) is 12.3 Å². The van der Waals surface area contributed by atoms with Crippen molar-refractivity contribution in [2.24, 2.45) is 10.8 Å². The number of nitrogens with two attached hydrogens (primary N) is 1. The van der Waals surface area contributed by atoms with Gasteiger partial charge < -0.3 is 20.4 Å². The molecule has 182 valence electrons. The van der Waals surface area contributed by atoms with Gasteiger partial charge in [0.15, 0.2) is 5.11 Å². The summed E-state index contributed by atoms with van der Waals surface area (Å²) in [5.74, 6) is 0.224. The van der Waals surface area contributed by atoms with E-state index in [9.17, 15) is 0 Å².